The summed E-state index contributed by atoms with van der Waals surface area (Å²) >= 11 is 0. The molecule has 14 heavy (non-hydrogen) atoms. The lowest BCUT2D eigenvalue weighted by atomic mass is 10.1. The van der Waals surface area contributed by atoms with Crippen LogP contribution in [0, 0.1) is 5.92 Å². The van der Waals surface area contributed by atoms with Gasteiger partial charge in [0.15, 0.2) is 0 Å². The molecule has 0 heterocycles. The van der Waals surface area contributed by atoms with Crippen LogP contribution in [0.4, 0.5) is 0 Å². The van der Waals surface area contributed by atoms with Crippen LogP contribution < -0.4 is 5.73 Å². The van der Waals surface area contributed by atoms with Gasteiger partial charge in [0, 0.05) is 18.1 Å². The summed E-state index contributed by atoms with van der Waals surface area (Å²) in [5, 5.41) is 0. The van der Waals surface area contributed by atoms with Crippen LogP contribution in [0.15, 0.2) is 28.0 Å². The van der Waals surface area contributed by atoms with E-state index in [1.54, 1.807) is 6.21 Å². The lowest BCUT2D eigenvalue weighted by molar-refractivity contribution is 0.766. The Morgan fingerprint density at radius 2 is 1.93 bits per heavy atom. The summed E-state index contributed by atoms with van der Waals surface area (Å²) in [5.41, 5.74) is 9.02. The van der Waals surface area contributed by atoms with Gasteiger partial charge in [-0.25, -0.2) is 0 Å². The van der Waals surface area contributed by atoms with Crippen molar-refractivity contribution >= 4 is 6.21 Å². The highest BCUT2D eigenvalue weighted by atomic mass is 14.7. The van der Waals surface area contributed by atoms with Crippen molar-refractivity contribution in [3.05, 3.63) is 23.0 Å². The molecule has 2 heteroatoms. The van der Waals surface area contributed by atoms with E-state index >= 15 is 0 Å². The van der Waals surface area contributed by atoms with Crippen LogP contribution in [-0.4, -0.2) is 6.21 Å². The first-order chi connectivity index (χ1) is 6.49. The van der Waals surface area contributed by atoms with Crippen molar-refractivity contribution < 1.29 is 0 Å². The van der Waals surface area contributed by atoms with E-state index in [2.05, 4.69) is 32.7 Å². The van der Waals surface area contributed by atoms with Crippen molar-refractivity contribution in [2.75, 3.05) is 0 Å². The molecule has 0 aromatic rings. The molecule has 80 valence electrons. The Bertz CT molecular complexity index is 257. The molecule has 0 atom stereocenters. The van der Waals surface area contributed by atoms with Gasteiger partial charge in [0.1, 0.15) is 0 Å². The maximum atomic E-state index is 5.79. The predicted molar refractivity (Wildman–Crippen MR) is 64.3 cm³/mol. The van der Waals surface area contributed by atoms with Crippen molar-refractivity contribution in [2.24, 2.45) is 16.6 Å². The van der Waals surface area contributed by atoms with Gasteiger partial charge in [0.2, 0.25) is 0 Å². The van der Waals surface area contributed by atoms with Crippen LogP contribution in [-0.2, 0) is 0 Å². The molecule has 2 nitrogen and oxygen atoms in total. The fourth-order valence-corrected chi connectivity index (χ4v) is 0.699. The normalized spacial score (nSPS) is 15.1. The number of hydrogen-bond acceptors (Lipinski definition) is 2. The maximum absolute atomic E-state index is 5.79. The molecular formula is C12H22N2. The van der Waals surface area contributed by atoms with Crippen LogP contribution in [0.5, 0.6) is 0 Å². The third-order valence-electron chi connectivity index (χ3n) is 2.43. The van der Waals surface area contributed by atoms with Crippen molar-refractivity contribution in [3.63, 3.8) is 0 Å². The van der Waals surface area contributed by atoms with Gasteiger partial charge in [-0.15, -0.1) is 0 Å². The van der Waals surface area contributed by atoms with E-state index in [1.165, 1.54) is 11.1 Å². The Morgan fingerprint density at radius 3 is 2.36 bits per heavy atom. The minimum atomic E-state index is 0.546. The van der Waals surface area contributed by atoms with Gasteiger partial charge in [0.05, 0.1) is 0 Å². The Hall–Kier alpha value is -1.05. The average Bonchev–Trinajstić information content (AvgIpc) is 2.15. The fourth-order valence-electron chi connectivity index (χ4n) is 0.699. The average molecular weight is 194 g/mol. The van der Waals surface area contributed by atoms with Gasteiger partial charge in [-0.3, -0.25) is 4.99 Å². The quantitative estimate of drug-likeness (QED) is 0.685. The second kappa shape index (κ2) is 6.41. The molecule has 0 aromatic carbocycles. The molecule has 0 rings (SSSR count). The maximum Gasteiger partial charge on any atom is 0.0497 e. The van der Waals surface area contributed by atoms with E-state index in [1.807, 2.05) is 13.1 Å². The zero-order valence-electron chi connectivity index (χ0n) is 9.96. The zero-order chi connectivity index (χ0) is 11.1. The number of rotatable bonds is 4. The summed E-state index contributed by atoms with van der Waals surface area (Å²) < 4.78 is 0. The molecule has 0 radical (unpaired) electrons. The molecule has 0 unspecified atom stereocenters. The van der Waals surface area contributed by atoms with E-state index in [-0.39, 0.29) is 0 Å². The molecule has 0 spiro atoms. The number of hydrogen-bond donors (Lipinski definition) is 1. The summed E-state index contributed by atoms with van der Waals surface area (Å²) in [6.07, 6.45) is 4.58. The van der Waals surface area contributed by atoms with Gasteiger partial charge in [-0.05, 0) is 31.8 Å². The smallest absolute Gasteiger partial charge is 0.0497 e. The van der Waals surface area contributed by atoms with Crippen LogP contribution in [0.3, 0.4) is 0 Å². The van der Waals surface area contributed by atoms with Gasteiger partial charge >= 0.3 is 0 Å². The van der Waals surface area contributed by atoms with Crippen molar-refractivity contribution in [1.29, 1.82) is 0 Å². The summed E-state index contributed by atoms with van der Waals surface area (Å²) in [6, 6.07) is 0. The van der Waals surface area contributed by atoms with E-state index < -0.39 is 0 Å². The Labute approximate surface area is 87.6 Å². The van der Waals surface area contributed by atoms with Crippen molar-refractivity contribution in [2.45, 2.75) is 41.0 Å². The van der Waals surface area contributed by atoms with E-state index in [0.29, 0.717) is 5.92 Å². The summed E-state index contributed by atoms with van der Waals surface area (Å²) in [6.45, 7) is 10.5. The van der Waals surface area contributed by atoms with Gasteiger partial charge in [-0.1, -0.05) is 26.3 Å². The van der Waals surface area contributed by atoms with Crippen LogP contribution >= 0.6 is 0 Å². The summed E-state index contributed by atoms with van der Waals surface area (Å²) in [5.74, 6) is 0.546. The molecule has 0 aromatic heterocycles. The second-order valence-corrected chi connectivity index (χ2v) is 3.90. The SMILES string of the molecule is CC/C(C)=C(N)/C=N/C=C(\C)C(C)C. The first-order valence-corrected chi connectivity index (χ1v) is 5.14. The highest BCUT2D eigenvalue weighted by molar-refractivity contribution is 5.78. The molecule has 0 aliphatic carbocycles. The minimum Gasteiger partial charge on any atom is -0.398 e. The Balaban J connectivity index is 4.40. The lowest BCUT2D eigenvalue weighted by Gasteiger charge is -2.02. The summed E-state index contributed by atoms with van der Waals surface area (Å²) in [7, 11) is 0. The first-order valence-electron chi connectivity index (χ1n) is 5.14. The zero-order valence-corrected chi connectivity index (χ0v) is 9.96. The van der Waals surface area contributed by atoms with Crippen LogP contribution in [0.25, 0.3) is 0 Å². The predicted octanol–water partition coefficient (Wildman–Crippen LogP) is 3.26. The standard InChI is InChI=1S/C12H22N2/c1-6-10(4)12(13)8-14-7-11(5)9(2)3/h7-9H,6,13H2,1-5H3/b11-7+,12-10-,14-8+. The fraction of sp³-hybridized carbons (Fsp3) is 0.583. The molecule has 0 aliphatic rings. The monoisotopic (exact) mass is 194 g/mol. The van der Waals surface area contributed by atoms with E-state index in [4.69, 9.17) is 5.73 Å². The third-order valence-corrected chi connectivity index (χ3v) is 2.43. The number of nitrogens with two attached hydrogens (primary N) is 1. The van der Waals surface area contributed by atoms with E-state index in [0.717, 1.165) is 12.1 Å². The summed E-state index contributed by atoms with van der Waals surface area (Å²) in [4.78, 5) is 4.19. The second-order valence-electron chi connectivity index (χ2n) is 3.90. The van der Waals surface area contributed by atoms with Gasteiger partial charge in [-0.2, -0.15) is 0 Å². The molecular weight excluding hydrogens is 172 g/mol. The highest BCUT2D eigenvalue weighted by Gasteiger charge is 1.94. The van der Waals surface area contributed by atoms with Gasteiger partial charge in [0.25, 0.3) is 0 Å². The molecule has 2 N–H and O–H groups in total. The molecule has 0 amide bonds. The number of allylic oxidation sites excluding steroid dienone is 3. The minimum absolute atomic E-state index is 0.546. The van der Waals surface area contributed by atoms with Crippen molar-refractivity contribution in [1.82, 2.24) is 0 Å². The van der Waals surface area contributed by atoms with E-state index in [9.17, 15) is 0 Å². The van der Waals surface area contributed by atoms with Crippen molar-refractivity contribution in [3.8, 4) is 0 Å². The number of nitrogens with zero attached hydrogens (tertiary/aromatic N) is 1. The Morgan fingerprint density at radius 1 is 1.36 bits per heavy atom. The number of aliphatic imine (C=N–C) groups is 1. The third kappa shape index (κ3) is 4.85. The highest BCUT2D eigenvalue weighted by Crippen LogP contribution is 2.07. The largest absolute Gasteiger partial charge is 0.398 e. The van der Waals surface area contributed by atoms with Crippen LogP contribution in [0.1, 0.15) is 41.0 Å². The molecule has 0 saturated heterocycles. The topological polar surface area (TPSA) is 38.4 Å². The van der Waals surface area contributed by atoms with Crippen LogP contribution in [0.2, 0.25) is 0 Å². The van der Waals surface area contributed by atoms with Gasteiger partial charge < -0.3 is 5.73 Å². The lowest BCUT2D eigenvalue weighted by Crippen LogP contribution is -2.01. The molecule has 0 fully saturated rings. The molecule has 0 bridgehead atoms. The molecule has 0 aliphatic heterocycles. The Kier molecular flexibility index (Phi) is 5.93. The molecule has 0 saturated carbocycles. The first kappa shape index (κ1) is 12.9.